The van der Waals surface area contributed by atoms with Crippen LogP contribution in [0, 0.1) is 23.7 Å². The number of ether oxygens (including phenoxy) is 2. The Hall–Kier alpha value is -5.83. The first-order valence-electron chi connectivity index (χ1n) is 21.7. The molecule has 4 heterocycles. The van der Waals surface area contributed by atoms with E-state index in [1.54, 1.807) is 18.2 Å². The third-order valence-electron chi connectivity index (χ3n) is 12.6. The lowest BCUT2D eigenvalue weighted by Gasteiger charge is -2.34. The Balaban J connectivity index is 0.942. The summed E-state index contributed by atoms with van der Waals surface area (Å²) in [5.41, 5.74) is 6.70. The van der Waals surface area contributed by atoms with Gasteiger partial charge in [-0.25, -0.2) is 14.8 Å². The number of amides is 3. The van der Waals surface area contributed by atoms with E-state index in [-0.39, 0.29) is 41.7 Å². The highest BCUT2D eigenvalue weighted by molar-refractivity contribution is 5.86. The van der Waals surface area contributed by atoms with Crippen molar-refractivity contribution < 1.29 is 29.0 Å². The van der Waals surface area contributed by atoms with Crippen LogP contribution >= 0.6 is 0 Å². The van der Waals surface area contributed by atoms with E-state index in [0.717, 1.165) is 64.3 Å². The number of aliphatic hydroxyl groups excluding tert-OH is 1. The molecule has 14 nitrogen and oxygen atoms in total. The molecule has 3 aliphatic rings. The van der Waals surface area contributed by atoms with Crippen LogP contribution < -0.4 is 10.6 Å². The van der Waals surface area contributed by atoms with Crippen LogP contribution in [0.25, 0.3) is 33.6 Å². The Morgan fingerprint density at radius 2 is 1.37 bits per heavy atom. The van der Waals surface area contributed by atoms with E-state index in [1.165, 1.54) is 7.11 Å². The number of alkyl carbamates (subject to hydrolysis) is 1. The maximum Gasteiger partial charge on any atom is 0.407 e. The number of hydrogen-bond donors (Lipinski definition) is 5. The minimum atomic E-state index is -0.924. The van der Waals surface area contributed by atoms with Crippen LogP contribution in [0.5, 0.6) is 0 Å². The number of benzene rings is 3. The number of likely N-dealkylation sites (tertiary alicyclic amines) is 2. The number of carbonyl (C=O) groups is 3. The molecule has 14 heteroatoms. The van der Waals surface area contributed by atoms with Crippen LogP contribution in [-0.4, -0.2) is 98.9 Å². The standard InChI is InChI=1S/C48H58N8O6/c1-28(2)41(54-48(60)62-5)46(58)56-26-30(27-61-4)22-40(56)44-50-24-38(52-44)34-17-13-32(14-18-34)31-11-15-33(16-12-31)37-23-49-43(51-37)39-21-29(3)25-55(39)47(59)42(35-9-7-6-8-10-35)53-45(57)36-19-20-36/h6-18,23-24,28-30,36,39-42,47,59H,19-22,25-27H2,1-5H3,(H,49,51)(H,50,52)(H,53,57)(H,54,60)/t29-,30-,39-,40-,41-,42+,47?/m0/s1. The lowest BCUT2D eigenvalue weighted by Crippen LogP contribution is -2.51. The molecule has 62 heavy (non-hydrogen) atoms. The van der Waals surface area contributed by atoms with E-state index in [2.05, 4.69) is 81.0 Å². The number of carbonyl (C=O) groups excluding carboxylic acids is 3. The van der Waals surface area contributed by atoms with Crippen molar-refractivity contribution in [2.45, 2.75) is 76.8 Å². The van der Waals surface area contributed by atoms with Crippen LogP contribution in [0.15, 0.2) is 91.3 Å². The van der Waals surface area contributed by atoms with Crippen molar-refractivity contribution in [2.24, 2.45) is 23.7 Å². The first kappa shape index (κ1) is 42.8. The second-order valence-electron chi connectivity index (χ2n) is 17.6. The second kappa shape index (κ2) is 18.6. The number of H-pyrrole nitrogens is 2. The molecule has 8 rings (SSSR count). The van der Waals surface area contributed by atoms with E-state index in [0.29, 0.717) is 37.9 Å². The first-order chi connectivity index (χ1) is 30.0. The number of nitrogens with one attached hydrogen (secondary N) is 4. The Morgan fingerprint density at radius 1 is 0.790 bits per heavy atom. The van der Waals surface area contributed by atoms with Gasteiger partial charge < -0.3 is 40.1 Å². The summed E-state index contributed by atoms with van der Waals surface area (Å²) in [6.45, 7) is 7.68. The van der Waals surface area contributed by atoms with Crippen molar-refractivity contribution in [1.29, 1.82) is 0 Å². The topological polar surface area (TPSA) is 178 Å². The second-order valence-corrected chi connectivity index (χ2v) is 17.6. The van der Waals surface area contributed by atoms with Crippen molar-refractivity contribution >= 4 is 17.9 Å². The van der Waals surface area contributed by atoms with Gasteiger partial charge in [0.25, 0.3) is 0 Å². The molecule has 5 aromatic rings. The molecule has 326 valence electrons. The number of aliphatic hydroxyl groups is 1. The number of rotatable bonds is 15. The Bertz CT molecular complexity index is 2310. The Kier molecular flexibility index (Phi) is 12.9. The monoisotopic (exact) mass is 842 g/mol. The average Bonchev–Trinajstić information content (AvgIpc) is 3.61. The summed E-state index contributed by atoms with van der Waals surface area (Å²) < 4.78 is 10.3. The van der Waals surface area contributed by atoms with Crippen LogP contribution in [-0.2, 0) is 19.1 Å². The zero-order chi connectivity index (χ0) is 43.5. The van der Waals surface area contributed by atoms with Crippen molar-refractivity contribution in [3.8, 4) is 33.6 Å². The van der Waals surface area contributed by atoms with Crippen molar-refractivity contribution in [1.82, 2.24) is 40.4 Å². The molecule has 5 N–H and O–H groups in total. The molecular weight excluding hydrogens is 785 g/mol. The fraction of sp³-hybridized carbons (Fsp3) is 0.438. The minimum Gasteiger partial charge on any atom is -0.453 e. The van der Waals surface area contributed by atoms with Gasteiger partial charge in [0.2, 0.25) is 11.8 Å². The molecule has 3 amide bonds. The van der Waals surface area contributed by atoms with Gasteiger partial charge in [-0.05, 0) is 65.3 Å². The zero-order valence-corrected chi connectivity index (χ0v) is 36.1. The highest BCUT2D eigenvalue weighted by Crippen LogP contribution is 2.40. The number of hydrogen-bond acceptors (Lipinski definition) is 9. The van der Waals surface area contributed by atoms with Crippen molar-refractivity contribution in [3.63, 3.8) is 0 Å². The van der Waals surface area contributed by atoms with Gasteiger partial charge in [-0.2, -0.15) is 0 Å². The predicted octanol–water partition coefficient (Wildman–Crippen LogP) is 7.02. The van der Waals surface area contributed by atoms with Crippen LogP contribution in [0.2, 0.25) is 0 Å². The molecule has 2 aliphatic heterocycles. The quantitative estimate of drug-likeness (QED) is 0.0741. The molecule has 3 fully saturated rings. The summed E-state index contributed by atoms with van der Waals surface area (Å²) in [5.74, 6) is 1.66. The van der Waals surface area contributed by atoms with Crippen LogP contribution in [0.3, 0.4) is 0 Å². The van der Waals surface area contributed by atoms with Crippen molar-refractivity contribution in [2.75, 3.05) is 33.9 Å². The number of imidazole rings is 2. The van der Waals surface area contributed by atoms with Gasteiger partial charge in [0.1, 0.15) is 23.9 Å². The molecule has 1 unspecified atom stereocenters. The molecule has 0 spiro atoms. The molecule has 2 saturated heterocycles. The van der Waals surface area contributed by atoms with E-state index in [9.17, 15) is 19.5 Å². The van der Waals surface area contributed by atoms with Gasteiger partial charge in [-0.3, -0.25) is 14.5 Å². The molecule has 2 aromatic heterocycles. The number of nitrogens with zero attached hydrogens (tertiary/aromatic N) is 4. The van der Waals surface area contributed by atoms with E-state index >= 15 is 0 Å². The molecule has 3 aromatic carbocycles. The summed E-state index contributed by atoms with van der Waals surface area (Å²) in [7, 11) is 2.95. The number of aromatic nitrogens is 4. The maximum atomic E-state index is 13.9. The highest BCUT2D eigenvalue weighted by atomic mass is 16.5. The largest absolute Gasteiger partial charge is 0.453 e. The first-order valence-corrected chi connectivity index (χ1v) is 21.7. The molecule has 1 aliphatic carbocycles. The van der Waals surface area contributed by atoms with Gasteiger partial charge in [0, 0.05) is 32.0 Å². The van der Waals surface area contributed by atoms with Crippen molar-refractivity contribution in [3.05, 3.63) is 108 Å². The summed E-state index contributed by atoms with van der Waals surface area (Å²) >= 11 is 0. The Morgan fingerprint density at radius 3 is 1.92 bits per heavy atom. The zero-order valence-electron chi connectivity index (χ0n) is 36.1. The maximum absolute atomic E-state index is 13.9. The predicted molar refractivity (Wildman–Crippen MR) is 235 cm³/mol. The SMILES string of the molecule is COC[C@H]1C[C@@H](c2ncc(-c3ccc(-c4ccc(-c5cnc([C@@H]6C[C@H](C)CN6C(O)[C@H](NC(=O)C6CC6)c6ccccc6)[nH]5)cc4)cc3)[nH]2)N(C(=O)[C@@H](NC(=O)OC)C(C)C)C1. The third-order valence-corrected chi connectivity index (χ3v) is 12.6. The van der Waals surface area contributed by atoms with E-state index in [1.807, 2.05) is 50.4 Å². The summed E-state index contributed by atoms with van der Waals surface area (Å²) in [5, 5.41) is 17.8. The van der Waals surface area contributed by atoms with Crippen LogP contribution in [0.4, 0.5) is 4.79 Å². The molecule has 7 atom stereocenters. The third kappa shape index (κ3) is 9.32. The highest BCUT2D eigenvalue weighted by Gasteiger charge is 2.43. The van der Waals surface area contributed by atoms with E-state index in [4.69, 9.17) is 19.4 Å². The molecule has 0 bridgehead atoms. The summed E-state index contributed by atoms with van der Waals surface area (Å²) in [4.78, 5) is 59.4. The molecule has 0 radical (unpaired) electrons. The number of methoxy groups -OCH3 is 2. The fourth-order valence-corrected chi connectivity index (χ4v) is 9.09. The van der Waals surface area contributed by atoms with Gasteiger partial charge in [-0.15, -0.1) is 0 Å². The molecule has 1 saturated carbocycles. The minimum absolute atomic E-state index is 0.000727. The normalized spacial score (nSPS) is 21.8. The smallest absolute Gasteiger partial charge is 0.407 e. The fourth-order valence-electron chi connectivity index (χ4n) is 9.09. The lowest BCUT2D eigenvalue weighted by molar-refractivity contribution is -0.135. The average molecular weight is 843 g/mol. The van der Waals surface area contributed by atoms with Gasteiger partial charge in [-0.1, -0.05) is 99.6 Å². The molecular formula is C48H58N8O6. The Labute approximate surface area is 362 Å². The summed E-state index contributed by atoms with van der Waals surface area (Å²) in [6.07, 6.45) is 5.40. The van der Waals surface area contributed by atoms with Crippen LogP contribution in [0.1, 0.15) is 81.8 Å². The summed E-state index contributed by atoms with van der Waals surface area (Å²) in [6, 6.07) is 24.7. The van der Waals surface area contributed by atoms with Gasteiger partial charge in [0.05, 0.1) is 55.6 Å². The number of aromatic amines is 2. The van der Waals surface area contributed by atoms with Gasteiger partial charge in [0.15, 0.2) is 0 Å². The lowest BCUT2D eigenvalue weighted by atomic mass is 10.0. The van der Waals surface area contributed by atoms with E-state index < -0.39 is 24.4 Å². The van der Waals surface area contributed by atoms with Gasteiger partial charge >= 0.3 is 6.09 Å².